The minimum Gasteiger partial charge on any atom is -0.399 e. The summed E-state index contributed by atoms with van der Waals surface area (Å²) in [5.74, 6) is -0.0466. The van der Waals surface area contributed by atoms with Crippen LogP contribution in [0.5, 0.6) is 0 Å². The number of rotatable bonds is 2. The van der Waals surface area contributed by atoms with Gasteiger partial charge >= 0.3 is 0 Å². The maximum absolute atomic E-state index is 11.9. The van der Waals surface area contributed by atoms with Crippen molar-refractivity contribution in [3.05, 3.63) is 29.8 Å². The van der Waals surface area contributed by atoms with Gasteiger partial charge in [-0.3, -0.25) is 4.79 Å². The number of carbonyl (C=O) groups is 1. The van der Waals surface area contributed by atoms with Gasteiger partial charge in [0.1, 0.15) is 6.10 Å². The highest BCUT2D eigenvalue weighted by atomic mass is 16.6. The fourth-order valence-corrected chi connectivity index (χ4v) is 1.47. The molecule has 0 bridgehead atoms. The number of ketones is 1. The van der Waals surface area contributed by atoms with Crippen LogP contribution >= 0.6 is 0 Å². The topological polar surface area (TPSA) is 61.6 Å². The van der Waals surface area contributed by atoms with Crippen LogP contribution in [0.1, 0.15) is 10.4 Å². The number of carbonyl (C=O) groups excluding carboxylic acids is 1. The fourth-order valence-electron chi connectivity index (χ4n) is 1.47. The molecular formula is C11H13NO3. The molecule has 1 fully saturated rings. The van der Waals surface area contributed by atoms with Crippen molar-refractivity contribution in [3.63, 3.8) is 0 Å². The second-order valence-electron chi connectivity index (χ2n) is 3.42. The van der Waals surface area contributed by atoms with Gasteiger partial charge in [-0.05, 0) is 24.3 Å². The molecule has 2 rings (SSSR count). The van der Waals surface area contributed by atoms with Crippen molar-refractivity contribution in [2.75, 3.05) is 25.6 Å². The van der Waals surface area contributed by atoms with E-state index in [0.717, 1.165) is 0 Å². The molecular weight excluding hydrogens is 194 g/mol. The van der Waals surface area contributed by atoms with Gasteiger partial charge in [-0.2, -0.15) is 0 Å². The molecule has 1 aromatic rings. The van der Waals surface area contributed by atoms with Crippen LogP contribution in [0.3, 0.4) is 0 Å². The summed E-state index contributed by atoms with van der Waals surface area (Å²) in [6.07, 6.45) is -0.470. The highest BCUT2D eigenvalue weighted by molar-refractivity contribution is 5.99. The molecule has 1 heterocycles. The third-order valence-corrected chi connectivity index (χ3v) is 2.30. The highest BCUT2D eigenvalue weighted by Crippen LogP contribution is 2.12. The first-order valence-corrected chi connectivity index (χ1v) is 4.86. The van der Waals surface area contributed by atoms with E-state index >= 15 is 0 Å². The third-order valence-electron chi connectivity index (χ3n) is 2.30. The lowest BCUT2D eigenvalue weighted by Crippen LogP contribution is -2.35. The average molecular weight is 207 g/mol. The summed E-state index contributed by atoms with van der Waals surface area (Å²) in [6.45, 7) is 1.38. The van der Waals surface area contributed by atoms with E-state index in [1.807, 2.05) is 0 Å². The van der Waals surface area contributed by atoms with E-state index in [1.54, 1.807) is 24.3 Å². The molecule has 0 amide bonds. The molecule has 1 atom stereocenters. The monoisotopic (exact) mass is 207 g/mol. The number of hydrogen-bond donors (Lipinski definition) is 1. The van der Waals surface area contributed by atoms with Crippen LogP contribution in [0.25, 0.3) is 0 Å². The fraction of sp³-hybridized carbons (Fsp3) is 0.364. The molecule has 1 saturated heterocycles. The van der Waals surface area contributed by atoms with Gasteiger partial charge in [0.05, 0.1) is 19.8 Å². The summed E-state index contributed by atoms with van der Waals surface area (Å²) in [5.41, 5.74) is 6.79. The molecule has 0 aliphatic carbocycles. The van der Waals surface area contributed by atoms with Crippen molar-refractivity contribution in [2.24, 2.45) is 0 Å². The molecule has 0 aromatic heterocycles. The van der Waals surface area contributed by atoms with Crippen molar-refractivity contribution in [1.82, 2.24) is 0 Å². The zero-order valence-corrected chi connectivity index (χ0v) is 8.31. The van der Waals surface area contributed by atoms with Crippen molar-refractivity contribution < 1.29 is 14.3 Å². The van der Waals surface area contributed by atoms with Gasteiger partial charge in [0.2, 0.25) is 0 Å². The molecule has 4 nitrogen and oxygen atoms in total. The summed E-state index contributed by atoms with van der Waals surface area (Å²) in [4.78, 5) is 11.9. The van der Waals surface area contributed by atoms with Crippen LogP contribution < -0.4 is 5.73 Å². The average Bonchev–Trinajstić information content (AvgIpc) is 2.30. The standard InChI is InChI=1S/C11H13NO3/c12-9-3-1-8(2-4-9)11(13)10-7-14-5-6-15-10/h1-4,10H,5-7,12H2. The van der Waals surface area contributed by atoms with E-state index in [1.165, 1.54) is 0 Å². The van der Waals surface area contributed by atoms with Crippen molar-refractivity contribution in [3.8, 4) is 0 Å². The molecule has 1 aromatic carbocycles. The van der Waals surface area contributed by atoms with Crippen LogP contribution in [0.4, 0.5) is 5.69 Å². The summed E-state index contributed by atoms with van der Waals surface area (Å²) in [5, 5.41) is 0. The van der Waals surface area contributed by atoms with Gasteiger partial charge in [-0.15, -0.1) is 0 Å². The smallest absolute Gasteiger partial charge is 0.193 e. The lowest BCUT2D eigenvalue weighted by Gasteiger charge is -2.21. The number of nitrogen functional groups attached to an aromatic ring is 1. The molecule has 1 unspecified atom stereocenters. The first-order chi connectivity index (χ1) is 7.27. The first kappa shape index (κ1) is 10.1. The lowest BCUT2D eigenvalue weighted by atomic mass is 10.1. The molecule has 0 radical (unpaired) electrons. The van der Waals surface area contributed by atoms with E-state index in [9.17, 15) is 4.79 Å². The van der Waals surface area contributed by atoms with Gasteiger partial charge in [-0.1, -0.05) is 0 Å². The molecule has 15 heavy (non-hydrogen) atoms. The van der Waals surface area contributed by atoms with Gasteiger partial charge in [-0.25, -0.2) is 0 Å². The predicted molar refractivity (Wildman–Crippen MR) is 55.7 cm³/mol. The van der Waals surface area contributed by atoms with E-state index in [2.05, 4.69) is 0 Å². The number of hydrogen-bond acceptors (Lipinski definition) is 4. The maximum atomic E-state index is 11.9. The number of nitrogens with two attached hydrogens (primary N) is 1. The van der Waals surface area contributed by atoms with Gasteiger partial charge in [0, 0.05) is 11.3 Å². The Hall–Kier alpha value is -1.39. The second-order valence-corrected chi connectivity index (χ2v) is 3.42. The predicted octanol–water partition coefficient (Wildman–Crippen LogP) is 0.867. The largest absolute Gasteiger partial charge is 0.399 e. The lowest BCUT2D eigenvalue weighted by molar-refractivity contribution is -0.0719. The minimum atomic E-state index is -0.470. The first-order valence-electron chi connectivity index (χ1n) is 4.86. The van der Waals surface area contributed by atoms with E-state index in [-0.39, 0.29) is 5.78 Å². The zero-order valence-electron chi connectivity index (χ0n) is 8.31. The maximum Gasteiger partial charge on any atom is 0.193 e. The Bertz CT molecular complexity index is 341. The van der Waals surface area contributed by atoms with Gasteiger partial charge < -0.3 is 15.2 Å². The normalized spacial score (nSPS) is 21.2. The van der Waals surface area contributed by atoms with Crippen molar-refractivity contribution in [1.29, 1.82) is 0 Å². The SMILES string of the molecule is Nc1ccc(C(=O)C2COCCO2)cc1. The van der Waals surface area contributed by atoms with Crippen LogP contribution in [-0.2, 0) is 9.47 Å². The Morgan fingerprint density at radius 3 is 2.60 bits per heavy atom. The van der Waals surface area contributed by atoms with Crippen LogP contribution in [-0.4, -0.2) is 31.7 Å². The second kappa shape index (κ2) is 4.42. The molecule has 1 aliphatic heterocycles. The van der Waals surface area contributed by atoms with E-state index in [0.29, 0.717) is 31.1 Å². The van der Waals surface area contributed by atoms with Crippen LogP contribution in [0.15, 0.2) is 24.3 Å². The molecule has 0 spiro atoms. The highest BCUT2D eigenvalue weighted by Gasteiger charge is 2.23. The van der Waals surface area contributed by atoms with E-state index in [4.69, 9.17) is 15.2 Å². The number of ether oxygens (including phenoxy) is 2. The quantitative estimate of drug-likeness (QED) is 0.577. The Labute approximate surface area is 88.0 Å². The van der Waals surface area contributed by atoms with Crippen molar-refractivity contribution in [2.45, 2.75) is 6.10 Å². The molecule has 1 aliphatic rings. The molecule has 0 saturated carbocycles. The van der Waals surface area contributed by atoms with Crippen LogP contribution in [0, 0.1) is 0 Å². The molecule has 4 heteroatoms. The molecule has 2 N–H and O–H groups in total. The number of anilines is 1. The van der Waals surface area contributed by atoms with Gasteiger partial charge in [0.15, 0.2) is 5.78 Å². The van der Waals surface area contributed by atoms with Crippen LogP contribution in [0.2, 0.25) is 0 Å². The number of Topliss-reactive ketones (excluding diaryl/α,β-unsaturated/α-hetero) is 1. The Kier molecular flexibility index (Phi) is 2.99. The summed E-state index contributed by atoms with van der Waals surface area (Å²) >= 11 is 0. The Morgan fingerprint density at radius 2 is 2.00 bits per heavy atom. The summed E-state index contributed by atoms with van der Waals surface area (Å²) in [6, 6.07) is 6.82. The Balaban J connectivity index is 2.09. The third kappa shape index (κ3) is 2.34. The zero-order chi connectivity index (χ0) is 10.7. The Morgan fingerprint density at radius 1 is 1.27 bits per heavy atom. The summed E-state index contributed by atoms with van der Waals surface area (Å²) < 4.78 is 10.5. The van der Waals surface area contributed by atoms with Crippen molar-refractivity contribution >= 4 is 11.5 Å². The molecule has 80 valence electrons. The number of benzene rings is 1. The summed E-state index contributed by atoms with van der Waals surface area (Å²) in [7, 11) is 0. The van der Waals surface area contributed by atoms with E-state index < -0.39 is 6.10 Å². The van der Waals surface area contributed by atoms with Gasteiger partial charge in [0.25, 0.3) is 0 Å². The minimum absolute atomic E-state index is 0.0466.